The van der Waals surface area contributed by atoms with Gasteiger partial charge in [-0.2, -0.15) is 5.26 Å². The Balaban J connectivity index is 1.35. The van der Waals surface area contributed by atoms with Gasteiger partial charge in [0.2, 0.25) is 0 Å². The fraction of sp³-hybridized carbons (Fsp3) is 0.129. The maximum Gasteiger partial charge on any atom is 0.337 e. The molecule has 5 aromatic rings. The first-order valence-corrected chi connectivity index (χ1v) is 12.3. The van der Waals surface area contributed by atoms with E-state index >= 15 is 0 Å². The van der Waals surface area contributed by atoms with Crippen LogP contribution in [0.3, 0.4) is 0 Å². The van der Waals surface area contributed by atoms with Crippen LogP contribution >= 0.6 is 0 Å². The lowest BCUT2D eigenvalue weighted by atomic mass is 10.1. The van der Waals surface area contributed by atoms with E-state index in [1.807, 2.05) is 77.6 Å². The second kappa shape index (κ2) is 10.9. The molecule has 188 valence electrons. The lowest BCUT2D eigenvalue weighted by Crippen LogP contribution is -2.26. The first kappa shape index (κ1) is 24.6. The molecule has 1 amide bonds. The van der Waals surface area contributed by atoms with E-state index in [4.69, 9.17) is 4.74 Å². The van der Waals surface area contributed by atoms with E-state index < -0.39 is 5.91 Å². The quantitative estimate of drug-likeness (QED) is 0.173. The van der Waals surface area contributed by atoms with Crippen LogP contribution in [0.1, 0.15) is 27.0 Å². The molecule has 0 fully saturated rings. The standard InChI is InChI=1S/C31H26N4O3/c1-38-31(37)22-8-6-7-21(15-22)19-35-20-25(27-10-3-5-12-29(27)35)16-24(17-32)30(36)33-14-13-23-18-34-28-11-4-2-9-26(23)28/h2-12,15-16,18,20,34H,13-14,19H2,1H3,(H,33,36)/b24-16-. The minimum atomic E-state index is -0.407. The summed E-state index contributed by atoms with van der Waals surface area (Å²) in [5.41, 5.74) is 5.35. The Morgan fingerprint density at radius 2 is 1.84 bits per heavy atom. The smallest absolute Gasteiger partial charge is 0.337 e. The summed E-state index contributed by atoms with van der Waals surface area (Å²) in [5, 5.41) is 14.7. The van der Waals surface area contributed by atoms with Gasteiger partial charge < -0.3 is 19.6 Å². The summed E-state index contributed by atoms with van der Waals surface area (Å²) in [6, 6.07) is 25.2. The van der Waals surface area contributed by atoms with Gasteiger partial charge >= 0.3 is 5.97 Å². The highest BCUT2D eigenvalue weighted by atomic mass is 16.5. The van der Waals surface area contributed by atoms with E-state index in [2.05, 4.69) is 16.4 Å². The van der Waals surface area contributed by atoms with Gasteiger partial charge in [-0.3, -0.25) is 4.79 Å². The third kappa shape index (κ3) is 5.06. The van der Waals surface area contributed by atoms with E-state index in [1.165, 1.54) is 7.11 Å². The second-order valence-electron chi connectivity index (χ2n) is 8.96. The van der Waals surface area contributed by atoms with E-state index in [1.54, 1.807) is 18.2 Å². The van der Waals surface area contributed by atoms with E-state index in [0.717, 1.165) is 38.5 Å². The highest BCUT2D eigenvalue weighted by molar-refractivity contribution is 6.04. The largest absolute Gasteiger partial charge is 0.465 e. The third-order valence-electron chi connectivity index (χ3n) is 6.54. The Morgan fingerprint density at radius 1 is 1.05 bits per heavy atom. The highest BCUT2D eigenvalue weighted by Gasteiger charge is 2.14. The molecule has 0 spiro atoms. The Bertz CT molecular complexity index is 1720. The summed E-state index contributed by atoms with van der Waals surface area (Å²) < 4.78 is 6.88. The molecule has 0 aliphatic heterocycles. The summed E-state index contributed by atoms with van der Waals surface area (Å²) in [7, 11) is 1.36. The average Bonchev–Trinajstić information content (AvgIpc) is 3.52. The molecular formula is C31H26N4O3. The molecule has 0 saturated heterocycles. The van der Waals surface area contributed by atoms with Crippen molar-refractivity contribution in [3.63, 3.8) is 0 Å². The zero-order valence-corrected chi connectivity index (χ0v) is 20.9. The third-order valence-corrected chi connectivity index (χ3v) is 6.54. The second-order valence-corrected chi connectivity index (χ2v) is 8.96. The first-order chi connectivity index (χ1) is 18.6. The van der Waals surface area contributed by atoms with Gasteiger partial charge in [-0.25, -0.2) is 4.79 Å². The Kier molecular flexibility index (Phi) is 7.05. The van der Waals surface area contributed by atoms with Crippen molar-refractivity contribution in [3.8, 4) is 6.07 Å². The molecule has 2 N–H and O–H groups in total. The van der Waals surface area contributed by atoms with Crippen LogP contribution in [0.4, 0.5) is 0 Å². The molecule has 0 aliphatic rings. The number of rotatable bonds is 8. The zero-order chi connectivity index (χ0) is 26.5. The number of carbonyl (C=O) groups is 2. The number of hydrogen-bond acceptors (Lipinski definition) is 4. The van der Waals surface area contributed by atoms with Gasteiger partial charge in [0, 0.05) is 52.9 Å². The number of fused-ring (bicyclic) bond motifs is 2. The summed E-state index contributed by atoms with van der Waals surface area (Å²) in [6.45, 7) is 0.926. The number of aromatic amines is 1. The van der Waals surface area contributed by atoms with Gasteiger partial charge in [0.1, 0.15) is 11.6 Å². The zero-order valence-electron chi connectivity index (χ0n) is 20.9. The SMILES string of the molecule is COC(=O)c1cccc(Cn2cc(/C=C(/C#N)C(=O)NCCc3c[nH]c4ccccc34)c3ccccc32)c1. The van der Waals surface area contributed by atoms with Gasteiger partial charge in [-0.15, -0.1) is 0 Å². The molecule has 2 aromatic heterocycles. The van der Waals surface area contributed by atoms with Gasteiger partial charge in [0.25, 0.3) is 5.91 Å². The number of hydrogen-bond donors (Lipinski definition) is 2. The average molecular weight is 503 g/mol. The lowest BCUT2D eigenvalue weighted by Gasteiger charge is -2.07. The molecule has 2 heterocycles. The number of esters is 1. The maximum absolute atomic E-state index is 12.9. The van der Waals surface area contributed by atoms with Crippen molar-refractivity contribution in [3.05, 3.63) is 113 Å². The van der Waals surface area contributed by atoms with Crippen LogP contribution in [0.2, 0.25) is 0 Å². The van der Waals surface area contributed by atoms with Gasteiger partial charge in [-0.05, 0) is 47.9 Å². The number of nitrogens with zero attached hydrogens (tertiary/aromatic N) is 2. The molecule has 0 bridgehead atoms. The van der Waals surface area contributed by atoms with E-state index in [9.17, 15) is 14.9 Å². The summed E-state index contributed by atoms with van der Waals surface area (Å²) in [5.74, 6) is -0.794. The van der Waals surface area contributed by atoms with Crippen molar-refractivity contribution in [1.29, 1.82) is 5.26 Å². The number of carbonyl (C=O) groups excluding carboxylic acids is 2. The molecule has 0 unspecified atom stereocenters. The summed E-state index contributed by atoms with van der Waals surface area (Å²) >= 11 is 0. The van der Waals surface area contributed by atoms with Crippen LogP contribution in [0, 0.1) is 11.3 Å². The topological polar surface area (TPSA) is 99.9 Å². The normalized spacial score (nSPS) is 11.4. The summed E-state index contributed by atoms with van der Waals surface area (Å²) in [6.07, 6.45) is 6.16. The number of nitriles is 1. The maximum atomic E-state index is 12.9. The van der Waals surface area contributed by atoms with Crippen molar-refractivity contribution in [2.45, 2.75) is 13.0 Å². The Hall–Kier alpha value is -5.09. The van der Waals surface area contributed by atoms with Gasteiger partial charge in [0.05, 0.1) is 12.7 Å². The van der Waals surface area contributed by atoms with Crippen molar-refractivity contribution in [2.75, 3.05) is 13.7 Å². The number of amides is 1. The number of ether oxygens (including phenoxy) is 1. The molecule has 0 aliphatic carbocycles. The molecule has 7 nitrogen and oxygen atoms in total. The van der Waals surface area contributed by atoms with Gasteiger partial charge in [-0.1, -0.05) is 48.5 Å². The molecule has 0 atom stereocenters. The molecule has 38 heavy (non-hydrogen) atoms. The number of H-pyrrole nitrogens is 1. The van der Waals surface area contributed by atoms with E-state index in [0.29, 0.717) is 25.1 Å². The Labute approximate surface area is 220 Å². The fourth-order valence-electron chi connectivity index (χ4n) is 4.68. The Morgan fingerprint density at radius 3 is 2.66 bits per heavy atom. The highest BCUT2D eigenvalue weighted by Crippen LogP contribution is 2.25. The number of benzene rings is 3. The minimum Gasteiger partial charge on any atom is -0.465 e. The summed E-state index contributed by atoms with van der Waals surface area (Å²) in [4.78, 5) is 28.1. The molecular weight excluding hydrogens is 476 g/mol. The monoisotopic (exact) mass is 502 g/mol. The van der Waals surface area contributed by atoms with Crippen LogP contribution in [0.15, 0.2) is 90.8 Å². The predicted molar refractivity (Wildman–Crippen MR) is 147 cm³/mol. The lowest BCUT2D eigenvalue weighted by molar-refractivity contribution is -0.117. The fourth-order valence-corrected chi connectivity index (χ4v) is 4.68. The molecule has 0 radical (unpaired) electrons. The van der Waals surface area contributed by atoms with Crippen LogP contribution in [-0.4, -0.2) is 35.1 Å². The minimum absolute atomic E-state index is 0.0412. The van der Waals surface area contributed by atoms with Crippen molar-refractivity contribution >= 4 is 39.8 Å². The number of aromatic nitrogens is 2. The number of para-hydroxylation sites is 2. The van der Waals surface area contributed by atoms with E-state index in [-0.39, 0.29) is 11.5 Å². The number of nitrogens with one attached hydrogen (secondary N) is 2. The van der Waals surface area contributed by atoms with Crippen LogP contribution in [0.5, 0.6) is 0 Å². The number of methoxy groups -OCH3 is 1. The van der Waals surface area contributed by atoms with Crippen molar-refractivity contribution in [2.24, 2.45) is 0 Å². The van der Waals surface area contributed by atoms with Crippen LogP contribution < -0.4 is 5.32 Å². The molecule has 7 heteroatoms. The first-order valence-electron chi connectivity index (χ1n) is 12.3. The van der Waals surface area contributed by atoms with Crippen molar-refractivity contribution in [1.82, 2.24) is 14.9 Å². The van der Waals surface area contributed by atoms with Gasteiger partial charge in [0.15, 0.2) is 0 Å². The van der Waals surface area contributed by atoms with Crippen molar-refractivity contribution < 1.29 is 14.3 Å². The predicted octanol–water partition coefficient (Wildman–Crippen LogP) is 5.22. The molecule has 3 aromatic carbocycles. The van der Waals surface area contributed by atoms with Crippen LogP contribution in [-0.2, 0) is 22.5 Å². The van der Waals surface area contributed by atoms with Crippen LogP contribution in [0.25, 0.3) is 27.9 Å². The molecule has 5 rings (SSSR count). The molecule has 0 saturated carbocycles.